The van der Waals surface area contributed by atoms with Gasteiger partial charge in [-0.2, -0.15) is 0 Å². The van der Waals surface area contributed by atoms with Gasteiger partial charge >= 0.3 is 0 Å². The van der Waals surface area contributed by atoms with Crippen LogP contribution in [0.5, 0.6) is 0 Å². The average molecular weight is 319 g/mol. The molecular formula is C14H23ClN2O2S. The fraction of sp³-hybridized carbons (Fsp3) is 0.571. The Hall–Kier alpha value is -0.620. The number of nitrogens with one attached hydrogen (secondary N) is 1. The van der Waals surface area contributed by atoms with E-state index in [1.165, 1.54) is 0 Å². The maximum Gasteiger partial charge on any atom is 0.241 e. The molecule has 2 rings (SSSR count). The van der Waals surface area contributed by atoms with Gasteiger partial charge in [-0.3, -0.25) is 0 Å². The van der Waals surface area contributed by atoms with E-state index in [1.807, 2.05) is 26.0 Å². The number of hydrogen-bond donors (Lipinski definition) is 2. The van der Waals surface area contributed by atoms with E-state index in [9.17, 15) is 8.42 Å². The minimum atomic E-state index is -3.44. The van der Waals surface area contributed by atoms with Crippen LogP contribution in [0.4, 0.5) is 0 Å². The highest BCUT2D eigenvalue weighted by molar-refractivity contribution is 7.89. The summed E-state index contributed by atoms with van der Waals surface area (Å²) >= 11 is 0. The number of sulfonamides is 1. The molecule has 0 bridgehead atoms. The summed E-state index contributed by atoms with van der Waals surface area (Å²) in [6.45, 7) is 4.33. The van der Waals surface area contributed by atoms with Crippen molar-refractivity contribution in [3.63, 3.8) is 0 Å². The molecule has 4 nitrogen and oxygen atoms in total. The monoisotopic (exact) mass is 318 g/mol. The number of rotatable bonds is 4. The second-order valence-electron chi connectivity index (χ2n) is 5.42. The zero-order valence-corrected chi connectivity index (χ0v) is 13.6. The molecule has 0 saturated heterocycles. The van der Waals surface area contributed by atoms with Gasteiger partial charge in [0.15, 0.2) is 0 Å². The Bertz CT molecular complexity index is 560. The van der Waals surface area contributed by atoms with Gasteiger partial charge in [-0.25, -0.2) is 13.1 Å². The molecule has 0 aromatic heterocycles. The summed E-state index contributed by atoms with van der Waals surface area (Å²) < 4.78 is 27.7. The first kappa shape index (κ1) is 17.4. The Kier molecular flexibility index (Phi) is 6.01. The first-order chi connectivity index (χ1) is 8.94. The largest absolute Gasteiger partial charge is 0.330 e. The lowest BCUT2D eigenvalue weighted by Crippen LogP contribution is -2.40. The van der Waals surface area contributed by atoms with Crippen molar-refractivity contribution < 1.29 is 8.42 Å². The quantitative estimate of drug-likeness (QED) is 0.893. The molecule has 1 aromatic carbocycles. The van der Waals surface area contributed by atoms with E-state index in [1.54, 1.807) is 6.07 Å². The fourth-order valence-corrected chi connectivity index (χ4v) is 4.40. The molecule has 3 N–H and O–H groups in total. The predicted molar refractivity (Wildman–Crippen MR) is 83.7 cm³/mol. The van der Waals surface area contributed by atoms with Crippen molar-refractivity contribution in [2.45, 2.75) is 44.0 Å². The van der Waals surface area contributed by atoms with Gasteiger partial charge in [0.1, 0.15) is 0 Å². The molecular weight excluding hydrogens is 296 g/mol. The van der Waals surface area contributed by atoms with Gasteiger partial charge in [0.25, 0.3) is 0 Å². The summed E-state index contributed by atoms with van der Waals surface area (Å²) in [6.07, 6.45) is 2.94. The minimum Gasteiger partial charge on any atom is -0.330 e. The van der Waals surface area contributed by atoms with Gasteiger partial charge in [-0.15, -0.1) is 12.4 Å². The van der Waals surface area contributed by atoms with E-state index < -0.39 is 10.0 Å². The second kappa shape index (κ2) is 6.89. The van der Waals surface area contributed by atoms with Crippen LogP contribution in [-0.4, -0.2) is 21.0 Å². The Morgan fingerprint density at radius 2 is 2.00 bits per heavy atom. The molecule has 1 aromatic rings. The van der Waals surface area contributed by atoms with Gasteiger partial charge < -0.3 is 5.73 Å². The van der Waals surface area contributed by atoms with Crippen LogP contribution in [0.15, 0.2) is 23.1 Å². The molecule has 20 heavy (non-hydrogen) atoms. The van der Waals surface area contributed by atoms with Crippen LogP contribution in [0.1, 0.15) is 30.4 Å². The minimum absolute atomic E-state index is 0. The van der Waals surface area contributed by atoms with Crippen molar-refractivity contribution in [3.05, 3.63) is 29.3 Å². The van der Waals surface area contributed by atoms with Gasteiger partial charge in [0.2, 0.25) is 10.0 Å². The van der Waals surface area contributed by atoms with Crippen molar-refractivity contribution in [3.8, 4) is 0 Å². The lowest BCUT2D eigenvalue weighted by Gasteiger charge is -2.20. The maximum atomic E-state index is 12.4. The third-order valence-corrected chi connectivity index (χ3v) is 5.54. The molecule has 0 radical (unpaired) electrons. The van der Waals surface area contributed by atoms with Crippen LogP contribution < -0.4 is 10.5 Å². The standard InChI is InChI=1S/C14H22N2O2S.ClH/c1-10-6-7-14(11(2)8-10)19(17,18)16-13-5-3-4-12(13)9-15;/h6-8,12-13,16H,3-5,9,15H2,1-2H3;1H. The van der Waals surface area contributed by atoms with E-state index in [4.69, 9.17) is 5.73 Å². The third-order valence-electron chi connectivity index (χ3n) is 3.89. The number of aryl methyl sites for hydroxylation is 2. The van der Waals surface area contributed by atoms with Crippen molar-refractivity contribution in [1.82, 2.24) is 4.72 Å². The normalized spacial score (nSPS) is 22.6. The summed E-state index contributed by atoms with van der Waals surface area (Å²) in [7, 11) is -3.44. The average Bonchev–Trinajstić information content (AvgIpc) is 2.74. The molecule has 1 aliphatic rings. The fourth-order valence-electron chi connectivity index (χ4n) is 2.84. The number of halogens is 1. The van der Waals surface area contributed by atoms with E-state index >= 15 is 0 Å². The molecule has 1 saturated carbocycles. The van der Waals surface area contributed by atoms with Crippen LogP contribution in [0.2, 0.25) is 0 Å². The summed E-state index contributed by atoms with van der Waals surface area (Å²) in [5.74, 6) is 0.264. The number of nitrogens with two attached hydrogens (primary N) is 1. The molecule has 1 aliphatic carbocycles. The van der Waals surface area contributed by atoms with Crippen molar-refractivity contribution in [2.24, 2.45) is 11.7 Å². The van der Waals surface area contributed by atoms with E-state index in [-0.39, 0.29) is 24.4 Å². The molecule has 2 atom stereocenters. The molecule has 2 unspecified atom stereocenters. The molecule has 0 spiro atoms. The predicted octanol–water partition coefficient (Wildman–Crippen LogP) is 2.13. The SMILES string of the molecule is Cc1ccc(S(=O)(=O)NC2CCCC2CN)c(C)c1.Cl. The summed E-state index contributed by atoms with van der Waals surface area (Å²) in [5, 5.41) is 0. The molecule has 0 amide bonds. The Balaban J connectivity index is 0.00000200. The van der Waals surface area contributed by atoms with Gasteiger partial charge in [-0.1, -0.05) is 24.1 Å². The second-order valence-corrected chi connectivity index (χ2v) is 7.11. The molecule has 6 heteroatoms. The first-order valence-electron chi connectivity index (χ1n) is 6.73. The van der Waals surface area contributed by atoms with Gasteiger partial charge in [-0.05, 0) is 50.8 Å². The highest BCUT2D eigenvalue weighted by Crippen LogP contribution is 2.27. The highest BCUT2D eigenvalue weighted by Gasteiger charge is 2.30. The molecule has 1 fully saturated rings. The van der Waals surface area contributed by atoms with Crippen LogP contribution in [-0.2, 0) is 10.0 Å². The molecule has 114 valence electrons. The van der Waals surface area contributed by atoms with Crippen molar-refractivity contribution >= 4 is 22.4 Å². The topological polar surface area (TPSA) is 72.2 Å². The number of benzene rings is 1. The van der Waals surface area contributed by atoms with Crippen LogP contribution in [0, 0.1) is 19.8 Å². The zero-order valence-electron chi connectivity index (χ0n) is 11.9. The summed E-state index contributed by atoms with van der Waals surface area (Å²) in [6, 6.07) is 5.38. The third kappa shape index (κ3) is 3.73. The van der Waals surface area contributed by atoms with E-state index in [2.05, 4.69) is 4.72 Å². The Labute approximate surface area is 127 Å². The number of hydrogen-bond acceptors (Lipinski definition) is 3. The van der Waals surface area contributed by atoms with Gasteiger partial charge in [0, 0.05) is 6.04 Å². The maximum absolute atomic E-state index is 12.4. The van der Waals surface area contributed by atoms with Crippen LogP contribution in [0.25, 0.3) is 0 Å². The van der Waals surface area contributed by atoms with Crippen molar-refractivity contribution in [2.75, 3.05) is 6.54 Å². The Morgan fingerprint density at radius 3 is 2.60 bits per heavy atom. The Morgan fingerprint density at radius 1 is 1.30 bits per heavy atom. The first-order valence-corrected chi connectivity index (χ1v) is 8.22. The van der Waals surface area contributed by atoms with Gasteiger partial charge in [0.05, 0.1) is 4.90 Å². The summed E-state index contributed by atoms with van der Waals surface area (Å²) in [4.78, 5) is 0.376. The summed E-state index contributed by atoms with van der Waals surface area (Å²) in [5.41, 5.74) is 7.55. The van der Waals surface area contributed by atoms with Crippen LogP contribution >= 0.6 is 12.4 Å². The lowest BCUT2D eigenvalue weighted by atomic mass is 10.1. The lowest BCUT2D eigenvalue weighted by molar-refractivity contribution is 0.452. The molecule has 0 aliphatic heterocycles. The zero-order chi connectivity index (χ0) is 14.0. The van der Waals surface area contributed by atoms with Crippen molar-refractivity contribution in [1.29, 1.82) is 0 Å². The van der Waals surface area contributed by atoms with E-state index in [0.29, 0.717) is 11.4 Å². The molecule has 0 heterocycles. The van der Waals surface area contributed by atoms with E-state index in [0.717, 1.165) is 30.4 Å². The highest BCUT2D eigenvalue weighted by atomic mass is 35.5. The smallest absolute Gasteiger partial charge is 0.241 e. The van der Waals surface area contributed by atoms with Crippen LogP contribution in [0.3, 0.4) is 0 Å².